The van der Waals surface area contributed by atoms with Crippen molar-refractivity contribution in [2.75, 3.05) is 38.1 Å². The third-order valence-corrected chi connectivity index (χ3v) is 5.11. The third-order valence-electron chi connectivity index (χ3n) is 4.20. The highest BCUT2D eigenvalue weighted by molar-refractivity contribution is 14.0. The van der Waals surface area contributed by atoms with Crippen molar-refractivity contribution in [3.05, 3.63) is 28.5 Å². The highest BCUT2D eigenvalue weighted by Gasteiger charge is 2.33. The van der Waals surface area contributed by atoms with Crippen molar-refractivity contribution in [1.29, 1.82) is 0 Å². The summed E-state index contributed by atoms with van der Waals surface area (Å²) in [6, 6.07) is 0. The number of alkyl halides is 3. The van der Waals surface area contributed by atoms with Gasteiger partial charge in [-0.1, -0.05) is 0 Å². The SMILES string of the molecule is CN=C(NCCc1nc(C(F)(F)F)cs1)N1CCN(c2cnn(C)c2)C(=O)C1.I. The van der Waals surface area contributed by atoms with Crippen molar-refractivity contribution >= 4 is 52.9 Å². The van der Waals surface area contributed by atoms with Crippen LogP contribution >= 0.6 is 35.3 Å². The van der Waals surface area contributed by atoms with Gasteiger partial charge in [0.05, 0.1) is 16.9 Å². The second-order valence-corrected chi connectivity index (χ2v) is 7.13. The van der Waals surface area contributed by atoms with Crippen molar-refractivity contribution in [3.8, 4) is 0 Å². The maximum atomic E-state index is 12.6. The summed E-state index contributed by atoms with van der Waals surface area (Å²) in [5.41, 5.74) is -0.117. The van der Waals surface area contributed by atoms with Crippen LogP contribution in [0.1, 0.15) is 10.7 Å². The molecule has 3 heterocycles. The number of halogens is 4. The quantitative estimate of drug-likeness (QED) is 0.363. The van der Waals surface area contributed by atoms with Crippen LogP contribution in [0.4, 0.5) is 18.9 Å². The Morgan fingerprint density at radius 3 is 2.69 bits per heavy atom. The Kier molecular flexibility index (Phi) is 7.85. The number of nitrogens with zero attached hydrogens (tertiary/aromatic N) is 6. The number of guanidine groups is 1. The molecule has 3 rings (SSSR count). The van der Waals surface area contributed by atoms with Crippen LogP contribution in [-0.2, 0) is 24.4 Å². The van der Waals surface area contributed by atoms with E-state index in [4.69, 9.17) is 0 Å². The van der Waals surface area contributed by atoms with Crippen molar-refractivity contribution in [2.24, 2.45) is 12.0 Å². The van der Waals surface area contributed by atoms with Crippen molar-refractivity contribution < 1.29 is 18.0 Å². The molecule has 0 spiro atoms. The molecular weight excluding hydrogens is 522 g/mol. The summed E-state index contributed by atoms with van der Waals surface area (Å²) in [5, 5.41) is 8.58. The molecule has 0 saturated carbocycles. The van der Waals surface area contributed by atoms with Crippen LogP contribution in [0.2, 0.25) is 0 Å². The highest BCUT2D eigenvalue weighted by Crippen LogP contribution is 2.30. The molecule has 2 aromatic rings. The molecule has 0 bridgehead atoms. The molecule has 1 aliphatic heterocycles. The van der Waals surface area contributed by atoms with Gasteiger partial charge in [0, 0.05) is 51.7 Å². The van der Waals surface area contributed by atoms with Gasteiger partial charge in [-0.05, 0) is 0 Å². The number of anilines is 1. The molecule has 0 unspecified atom stereocenters. The topological polar surface area (TPSA) is 78.7 Å². The first-order chi connectivity index (χ1) is 13.3. The lowest BCUT2D eigenvalue weighted by molar-refractivity contribution is -0.140. The molecule has 8 nitrogen and oxygen atoms in total. The minimum absolute atomic E-state index is 0. The maximum Gasteiger partial charge on any atom is 0.434 e. The first-order valence-corrected chi connectivity index (χ1v) is 9.42. The Hall–Kier alpha value is -1.90. The van der Waals surface area contributed by atoms with E-state index in [0.29, 0.717) is 37.0 Å². The van der Waals surface area contributed by atoms with Crippen LogP contribution in [0, 0.1) is 0 Å². The number of amides is 1. The average Bonchev–Trinajstić information content (AvgIpc) is 3.27. The zero-order chi connectivity index (χ0) is 20.3. The third kappa shape index (κ3) is 5.81. The fraction of sp³-hybridized carbons (Fsp3) is 0.500. The molecule has 1 saturated heterocycles. The average molecular weight is 543 g/mol. The van der Waals surface area contributed by atoms with E-state index in [2.05, 4.69) is 20.4 Å². The normalized spacial score (nSPS) is 15.5. The van der Waals surface area contributed by atoms with Gasteiger partial charge >= 0.3 is 6.18 Å². The summed E-state index contributed by atoms with van der Waals surface area (Å²) < 4.78 is 39.4. The van der Waals surface area contributed by atoms with Crippen LogP contribution < -0.4 is 10.2 Å². The van der Waals surface area contributed by atoms with Crippen LogP contribution in [0.3, 0.4) is 0 Å². The van der Waals surface area contributed by atoms with Gasteiger partial charge in [0.25, 0.3) is 0 Å². The minimum atomic E-state index is -4.42. The standard InChI is InChI=1S/C16H20F3N7OS.HI/c1-20-15(21-4-3-13-23-12(10-28-13)16(17,18)19)25-5-6-26(14(27)9-25)11-7-22-24(2)8-11;/h7-8,10H,3-6,9H2,1-2H3,(H,20,21);1H. The number of aromatic nitrogens is 3. The zero-order valence-electron chi connectivity index (χ0n) is 15.8. The Labute approximate surface area is 186 Å². The van der Waals surface area contributed by atoms with E-state index < -0.39 is 11.9 Å². The van der Waals surface area contributed by atoms with E-state index in [1.807, 2.05) is 4.90 Å². The summed E-state index contributed by atoms with van der Waals surface area (Å²) in [6.07, 6.45) is -0.663. The number of rotatable bonds is 4. The fourth-order valence-electron chi connectivity index (χ4n) is 2.84. The summed E-state index contributed by atoms with van der Waals surface area (Å²) in [6.45, 7) is 1.60. The summed E-state index contributed by atoms with van der Waals surface area (Å²) in [7, 11) is 3.39. The number of aliphatic imine (C=N–C) groups is 1. The Morgan fingerprint density at radius 2 is 2.14 bits per heavy atom. The summed E-state index contributed by atoms with van der Waals surface area (Å²) in [4.78, 5) is 23.7. The molecule has 0 aliphatic carbocycles. The Balaban J connectivity index is 0.00000300. The first-order valence-electron chi connectivity index (χ1n) is 8.54. The smallest absolute Gasteiger partial charge is 0.356 e. The number of thiazole rings is 1. The molecule has 1 N–H and O–H groups in total. The van der Waals surface area contributed by atoms with Gasteiger partial charge in [0.15, 0.2) is 11.7 Å². The fourth-order valence-corrected chi connectivity index (χ4v) is 3.65. The zero-order valence-corrected chi connectivity index (χ0v) is 19.0. The molecule has 1 fully saturated rings. The van der Waals surface area contributed by atoms with Crippen LogP contribution in [0.5, 0.6) is 0 Å². The van der Waals surface area contributed by atoms with Gasteiger partial charge in [0.1, 0.15) is 6.54 Å². The number of carbonyl (C=O) groups excluding carboxylic acids is 1. The van der Waals surface area contributed by atoms with Crippen molar-refractivity contribution in [3.63, 3.8) is 0 Å². The number of aryl methyl sites for hydroxylation is 1. The predicted molar refractivity (Wildman–Crippen MR) is 115 cm³/mol. The van der Waals surface area contributed by atoms with E-state index in [-0.39, 0.29) is 36.4 Å². The van der Waals surface area contributed by atoms with Gasteiger partial charge in [-0.25, -0.2) is 4.98 Å². The van der Waals surface area contributed by atoms with Gasteiger partial charge in [-0.2, -0.15) is 18.3 Å². The molecular formula is C16H21F3IN7OS. The number of carbonyl (C=O) groups is 1. The summed E-state index contributed by atoms with van der Waals surface area (Å²) in [5.74, 6) is 0.462. The van der Waals surface area contributed by atoms with Crippen LogP contribution in [0.25, 0.3) is 0 Å². The lowest BCUT2D eigenvalue weighted by atomic mass is 10.3. The van der Waals surface area contributed by atoms with E-state index in [1.54, 1.807) is 36.1 Å². The van der Waals surface area contributed by atoms with Crippen molar-refractivity contribution in [1.82, 2.24) is 25.0 Å². The Bertz CT molecular complexity index is 867. The monoisotopic (exact) mass is 543 g/mol. The second-order valence-electron chi connectivity index (χ2n) is 6.19. The van der Waals surface area contributed by atoms with Crippen molar-refractivity contribution in [2.45, 2.75) is 12.6 Å². The maximum absolute atomic E-state index is 12.6. The molecule has 0 radical (unpaired) electrons. The molecule has 160 valence electrons. The lowest BCUT2D eigenvalue weighted by Crippen LogP contribution is -2.55. The molecule has 1 aliphatic rings. The van der Waals surface area contributed by atoms with E-state index >= 15 is 0 Å². The van der Waals surface area contributed by atoms with E-state index in [0.717, 1.165) is 22.4 Å². The lowest BCUT2D eigenvalue weighted by Gasteiger charge is -2.35. The molecule has 0 aromatic carbocycles. The van der Waals surface area contributed by atoms with Gasteiger partial charge in [-0.3, -0.25) is 14.5 Å². The summed E-state index contributed by atoms with van der Waals surface area (Å²) >= 11 is 0.978. The highest BCUT2D eigenvalue weighted by atomic mass is 127. The molecule has 1 amide bonds. The van der Waals surface area contributed by atoms with Crippen LogP contribution in [-0.4, -0.2) is 64.8 Å². The first kappa shape index (κ1) is 23.4. The number of piperazine rings is 1. The minimum Gasteiger partial charge on any atom is -0.356 e. The predicted octanol–water partition coefficient (Wildman–Crippen LogP) is 1.98. The second kappa shape index (κ2) is 9.73. The molecule has 29 heavy (non-hydrogen) atoms. The molecule has 0 atom stereocenters. The van der Waals surface area contributed by atoms with E-state index in [1.165, 1.54) is 0 Å². The largest absolute Gasteiger partial charge is 0.434 e. The van der Waals surface area contributed by atoms with E-state index in [9.17, 15) is 18.0 Å². The van der Waals surface area contributed by atoms with Gasteiger partial charge in [0.2, 0.25) is 5.91 Å². The van der Waals surface area contributed by atoms with Crippen LogP contribution in [0.15, 0.2) is 22.8 Å². The van der Waals surface area contributed by atoms with Gasteiger partial charge in [-0.15, -0.1) is 35.3 Å². The molecule has 2 aromatic heterocycles. The van der Waals surface area contributed by atoms with Gasteiger partial charge < -0.3 is 15.1 Å². The number of hydrogen-bond donors (Lipinski definition) is 1. The number of hydrogen-bond acceptors (Lipinski definition) is 5. The number of nitrogens with one attached hydrogen (secondary N) is 1. The molecule has 13 heteroatoms. The Morgan fingerprint density at radius 1 is 1.38 bits per heavy atom.